The first-order valence-corrected chi connectivity index (χ1v) is 10.6. The zero-order valence-electron chi connectivity index (χ0n) is 14.9. The Kier molecular flexibility index (Phi) is 11.2. The molecule has 0 aliphatic heterocycles. The minimum Gasteiger partial charge on any atom is -0.394 e. The van der Waals surface area contributed by atoms with Gasteiger partial charge in [-0.15, -0.1) is 12.6 Å². The van der Waals surface area contributed by atoms with Crippen LogP contribution in [0.2, 0.25) is 0 Å². The molecule has 6 N–H and O–H groups in total. The second kappa shape index (κ2) is 11.4. The molecule has 12 heteroatoms. The van der Waals surface area contributed by atoms with Gasteiger partial charge in [-0.25, -0.2) is 13.1 Å². The number of carbonyl (C=O) groups excluding carboxylic acids is 1. The van der Waals surface area contributed by atoms with Crippen LogP contribution in [0.1, 0.15) is 26.2 Å². The topological polar surface area (TPSA) is 168 Å². The van der Waals surface area contributed by atoms with E-state index in [1.54, 1.807) is 0 Å². The summed E-state index contributed by atoms with van der Waals surface area (Å²) >= 11 is 3.75. The maximum absolute atomic E-state index is 12.6. The Balaban J connectivity index is 5.06. The van der Waals surface area contributed by atoms with Crippen LogP contribution >= 0.6 is 12.6 Å². The van der Waals surface area contributed by atoms with Gasteiger partial charge in [0.1, 0.15) is 18.3 Å². The summed E-state index contributed by atoms with van der Waals surface area (Å²) in [5, 5.41) is 48.2. The number of thiol groups is 1. The molecule has 0 aromatic rings. The number of carbonyl (C=O) groups is 1. The summed E-state index contributed by atoms with van der Waals surface area (Å²) in [6.07, 6.45) is -3.32. The van der Waals surface area contributed by atoms with Crippen LogP contribution in [-0.2, 0) is 14.8 Å². The highest BCUT2D eigenvalue weighted by molar-refractivity contribution is 7.88. The maximum atomic E-state index is 12.6. The van der Waals surface area contributed by atoms with Crippen LogP contribution in [0.15, 0.2) is 0 Å². The lowest BCUT2D eigenvalue weighted by molar-refractivity contribution is -0.164. The van der Waals surface area contributed by atoms with Gasteiger partial charge in [0.25, 0.3) is 5.91 Å². The fourth-order valence-electron chi connectivity index (χ4n) is 2.11. The predicted molar refractivity (Wildman–Crippen MR) is 98.0 cm³/mol. The first-order valence-electron chi connectivity index (χ1n) is 8.22. The third-order valence-corrected chi connectivity index (χ3v) is 4.85. The van der Waals surface area contributed by atoms with Gasteiger partial charge in [-0.05, 0) is 12.8 Å². The molecule has 26 heavy (non-hydrogen) atoms. The second-order valence-corrected chi connectivity index (χ2v) is 8.59. The molecule has 0 rings (SSSR count). The van der Waals surface area contributed by atoms with Crippen molar-refractivity contribution in [3.63, 3.8) is 0 Å². The molecule has 0 fully saturated rings. The Hall–Kier alpha value is -0.470. The summed E-state index contributed by atoms with van der Waals surface area (Å²) in [5.41, 5.74) is 0. The van der Waals surface area contributed by atoms with Crippen LogP contribution in [0.25, 0.3) is 0 Å². The van der Waals surface area contributed by atoms with E-state index in [0.717, 1.165) is 12.7 Å². The number of hydrogen-bond acceptors (Lipinski definition) is 9. The largest absolute Gasteiger partial charge is 0.394 e. The molecule has 0 aliphatic rings. The molecule has 0 aromatic heterocycles. The minimum atomic E-state index is -3.37. The molecule has 4 atom stereocenters. The highest BCUT2D eigenvalue weighted by Gasteiger charge is 2.47. The van der Waals surface area contributed by atoms with E-state index in [4.69, 9.17) is 5.11 Å². The zero-order valence-corrected chi connectivity index (χ0v) is 16.7. The van der Waals surface area contributed by atoms with Gasteiger partial charge in [-0.3, -0.25) is 4.79 Å². The third-order valence-electron chi connectivity index (χ3n) is 3.67. The average molecular weight is 419 g/mol. The van der Waals surface area contributed by atoms with E-state index in [1.807, 2.05) is 6.92 Å². The van der Waals surface area contributed by atoms with Gasteiger partial charge in [0.05, 0.1) is 12.9 Å². The van der Waals surface area contributed by atoms with Crippen molar-refractivity contribution in [2.75, 3.05) is 32.5 Å². The van der Waals surface area contributed by atoms with E-state index in [-0.39, 0.29) is 26.1 Å². The summed E-state index contributed by atoms with van der Waals surface area (Å²) in [4.78, 5) is 11.1. The van der Waals surface area contributed by atoms with Crippen molar-refractivity contribution in [1.82, 2.24) is 9.62 Å². The standard InChI is InChI=1S/C14H30N2O8S2/c1-3-4-7-16(8-5-6-15-26(2,23)24)13(21)14(22,25)12(20)11(19)10(18)9-17/h10-12,15,17-20,22,25H,3-9H2,1-2H3. The van der Waals surface area contributed by atoms with Crippen molar-refractivity contribution >= 4 is 28.6 Å². The van der Waals surface area contributed by atoms with Crippen LogP contribution in [0.4, 0.5) is 0 Å². The monoisotopic (exact) mass is 418 g/mol. The van der Waals surface area contributed by atoms with Gasteiger partial charge in [0.15, 0.2) is 0 Å². The lowest BCUT2D eigenvalue weighted by Gasteiger charge is -2.35. The van der Waals surface area contributed by atoms with Crippen molar-refractivity contribution in [1.29, 1.82) is 0 Å². The molecular formula is C14H30N2O8S2. The first kappa shape index (κ1) is 25.5. The van der Waals surface area contributed by atoms with Crippen molar-refractivity contribution in [3.8, 4) is 0 Å². The molecule has 0 aromatic carbocycles. The summed E-state index contributed by atoms with van der Waals surface area (Å²) in [6.45, 7) is 1.39. The number of hydrogen-bond donors (Lipinski definition) is 7. The Bertz CT molecular complexity index is 529. The van der Waals surface area contributed by atoms with E-state index < -0.39 is 45.8 Å². The first-order chi connectivity index (χ1) is 11.9. The number of nitrogens with zero attached hydrogens (tertiary/aromatic N) is 1. The molecule has 0 spiro atoms. The maximum Gasteiger partial charge on any atom is 0.267 e. The van der Waals surface area contributed by atoms with Crippen LogP contribution in [0.5, 0.6) is 0 Å². The molecule has 1 amide bonds. The zero-order chi connectivity index (χ0) is 20.5. The number of aliphatic hydroxyl groups is 5. The highest BCUT2D eigenvalue weighted by Crippen LogP contribution is 2.23. The number of nitrogens with one attached hydrogen (secondary N) is 1. The Morgan fingerprint density at radius 1 is 1.23 bits per heavy atom. The van der Waals surface area contributed by atoms with Crippen molar-refractivity contribution in [2.24, 2.45) is 0 Å². The van der Waals surface area contributed by atoms with Gasteiger partial charge < -0.3 is 30.4 Å². The Morgan fingerprint density at radius 3 is 2.23 bits per heavy atom. The number of amides is 1. The normalized spacial score (nSPS) is 18.0. The Labute approximate surface area is 159 Å². The molecule has 0 heterocycles. The molecule has 0 radical (unpaired) electrons. The minimum absolute atomic E-state index is 0.0775. The lowest BCUT2D eigenvalue weighted by Crippen LogP contribution is -2.59. The molecule has 4 unspecified atom stereocenters. The number of sulfonamides is 1. The van der Waals surface area contributed by atoms with Crippen molar-refractivity contribution < 1.29 is 38.7 Å². The molecule has 156 valence electrons. The van der Waals surface area contributed by atoms with Crippen LogP contribution < -0.4 is 4.72 Å². The van der Waals surface area contributed by atoms with Gasteiger partial charge >= 0.3 is 0 Å². The van der Waals surface area contributed by atoms with E-state index in [2.05, 4.69) is 17.4 Å². The number of aliphatic hydroxyl groups excluding tert-OH is 4. The van der Waals surface area contributed by atoms with Crippen molar-refractivity contribution in [2.45, 2.75) is 49.4 Å². The summed E-state index contributed by atoms with van der Waals surface area (Å²) < 4.78 is 24.4. The van der Waals surface area contributed by atoms with E-state index in [9.17, 15) is 33.6 Å². The molecule has 0 saturated carbocycles. The van der Waals surface area contributed by atoms with E-state index in [0.29, 0.717) is 6.42 Å². The quantitative estimate of drug-likeness (QED) is 0.0959. The SMILES string of the molecule is CCCCN(CCCNS(C)(=O)=O)C(=O)C(O)(S)C(O)C(O)C(O)CO. The van der Waals surface area contributed by atoms with Crippen LogP contribution in [0, 0.1) is 0 Å². The molecular weight excluding hydrogens is 388 g/mol. The summed E-state index contributed by atoms with van der Waals surface area (Å²) in [7, 11) is -3.37. The predicted octanol–water partition coefficient (Wildman–Crippen LogP) is -2.75. The lowest BCUT2D eigenvalue weighted by atomic mass is 10.0. The fourth-order valence-corrected chi connectivity index (χ4v) is 2.92. The molecule has 0 aliphatic carbocycles. The van der Waals surface area contributed by atoms with Gasteiger partial charge in [0, 0.05) is 19.6 Å². The Morgan fingerprint density at radius 2 is 1.77 bits per heavy atom. The van der Waals surface area contributed by atoms with E-state index in [1.165, 1.54) is 4.90 Å². The van der Waals surface area contributed by atoms with E-state index >= 15 is 0 Å². The summed E-state index contributed by atoms with van der Waals surface area (Å²) in [6, 6.07) is 0. The summed E-state index contributed by atoms with van der Waals surface area (Å²) in [5.74, 6) is -0.995. The van der Waals surface area contributed by atoms with Gasteiger partial charge in [-0.1, -0.05) is 13.3 Å². The van der Waals surface area contributed by atoms with Crippen LogP contribution in [-0.4, -0.2) is 100 Å². The number of unbranched alkanes of at least 4 members (excludes halogenated alkanes) is 1. The van der Waals surface area contributed by atoms with Crippen molar-refractivity contribution in [3.05, 3.63) is 0 Å². The highest BCUT2D eigenvalue weighted by atomic mass is 32.2. The van der Waals surface area contributed by atoms with Crippen LogP contribution in [0.3, 0.4) is 0 Å². The van der Waals surface area contributed by atoms with Gasteiger partial charge in [0.2, 0.25) is 15.0 Å². The molecule has 10 nitrogen and oxygen atoms in total. The number of rotatable bonds is 13. The second-order valence-electron chi connectivity index (χ2n) is 6.08. The van der Waals surface area contributed by atoms with Gasteiger partial charge in [-0.2, -0.15) is 0 Å². The fraction of sp³-hybridized carbons (Fsp3) is 0.929. The molecule has 0 bridgehead atoms. The third kappa shape index (κ3) is 8.48. The average Bonchev–Trinajstić information content (AvgIpc) is 2.57. The molecule has 0 saturated heterocycles. The smallest absolute Gasteiger partial charge is 0.267 e.